The van der Waals surface area contributed by atoms with Gasteiger partial charge in [-0.1, -0.05) is 35.6 Å². The van der Waals surface area contributed by atoms with Crippen LogP contribution >= 0.6 is 23.1 Å². The number of ether oxygens (including phenoxy) is 3. The molecule has 4 rings (SSSR count). The molecular weight excluding hydrogens is 494 g/mol. The standard InChI is InChI=1S/C27H27N3O4S2/c1-18-10-11-21-24(14-18)36-27(29-21)30(25(31)12-13-35-20-8-6-5-7-9-20)28-17-19-15-22(32-2)26(34-4)23(16-19)33-3/h5-11,14-17H,12-13H2,1-4H3/b28-17+. The van der Waals surface area contributed by atoms with Crippen molar-refractivity contribution in [2.45, 2.75) is 18.2 Å². The van der Waals surface area contributed by atoms with Gasteiger partial charge in [0.2, 0.25) is 16.8 Å². The highest BCUT2D eigenvalue weighted by Gasteiger charge is 2.20. The van der Waals surface area contributed by atoms with Gasteiger partial charge in [-0.15, -0.1) is 11.8 Å². The lowest BCUT2D eigenvalue weighted by Gasteiger charge is -2.15. The smallest absolute Gasteiger partial charge is 0.250 e. The van der Waals surface area contributed by atoms with Crippen LogP contribution in [0.1, 0.15) is 17.5 Å². The number of hydrogen-bond donors (Lipinski definition) is 0. The number of anilines is 1. The zero-order valence-electron chi connectivity index (χ0n) is 20.6. The molecule has 1 aromatic heterocycles. The van der Waals surface area contributed by atoms with Crippen molar-refractivity contribution >= 4 is 50.6 Å². The molecule has 0 aliphatic carbocycles. The molecule has 1 heterocycles. The highest BCUT2D eigenvalue weighted by Crippen LogP contribution is 2.38. The first kappa shape index (κ1) is 25.5. The van der Waals surface area contributed by atoms with Crippen molar-refractivity contribution in [1.29, 1.82) is 0 Å². The molecule has 0 spiro atoms. The Labute approximate surface area is 218 Å². The first-order valence-corrected chi connectivity index (χ1v) is 13.0. The van der Waals surface area contributed by atoms with Crippen LogP contribution in [0.4, 0.5) is 5.13 Å². The molecule has 36 heavy (non-hydrogen) atoms. The minimum absolute atomic E-state index is 0.141. The highest BCUT2D eigenvalue weighted by atomic mass is 32.2. The van der Waals surface area contributed by atoms with Crippen LogP contribution in [0.25, 0.3) is 10.2 Å². The Kier molecular flexibility index (Phi) is 8.45. The summed E-state index contributed by atoms with van der Waals surface area (Å²) in [5, 5.41) is 6.47. The summed E-state index contributed by atoms with van der Waals surface area (Å²) in [6.07, 6.45) is 1.91. The number of carbonyl (C=O) groups is 1. The second-order valence-electron chi connectivity index (χ2n) is 7.79. The molecule has 3 aromatic carbocycles. The van der Waals surface area contributed by atoms with Gasteiger partial charge in [0.1, 0.15) is 0 Å². The van der Waals surface area contributed by atoms with Gasteiger partial charge in [-0.25, -0.2) is 4.98 Å². The van der Waals surface area contributed by atoms with E-state index in [9.17, 15) is 4.79 Å². The lowest BCUT2D eigenvalue weighted by Crippen LogP contribution is -2.25. The third-order valence-electron chi connectivity index (χ3n) is 5.29. The minimum atomic E-state index is -0.141. The van der Waals surface area contributed by atoms with Crippen molar-refractivity contribution in [2.24, 2.45) is 5.10 Å². The Hall–Kier alpha value is -3.56. The quantitative estimate of drug-likeness (QED) is 0.141. The molecule has 0 saturated carbocycles. The maximum atomic E-state index is 13.3. The van der Waals surface area contributed by atoms with Gasteiger partial charge in [0.25, 0.3) is 0 Å². The Morgan fingerprint density at radius 3 is 2.42 bits per heavy atom. The van der Waals surface area contributed by atoms with Gasteiger partial charge in [0.05, 0.1) is 37.8 Å². The fourth-order valence-corrected chi connectivity index (χ4v) is 5.41. The average Bonchev–Trinajstić information content (AvgIpc) is 3.31. The number of aryl methyl sites for hydroxylation is 1. The van der Waals surface area contributed by atoms with Crippen LogP contribution < -0.4 is 19.2 Å². The lowest BCUT2D eigenvalue weighted by atomic mass is 10.2. The van der Waals surface area contributed by atoms with E-state index in [0.717, 1.165) is 20.7 Å². The summed E-state index contributed by atoms with van der Waals surface area (Å²) in [5.41, 5.74) is 2.66. The number of aromatic nitrogens is 1. The van der Waals surface area contributed by atoms with E-state index in [1.807, 2.05) is 49.4 Å². The zero-order chi connectivity index (χ0) is 25.5. The summed E-state index contributed by atoms with van der Waals surface area (Å²) in [7, 11) is 4.67. The number of thiazole rings is 1. The maximum absolute atomic E-state index is 13.3. The molecule has 0 fully saturated rings. The molecule has 0 aliphatic rings. The van der Waals surface area contributed by atoms with Crippen LogP contribution in [0.5, 0.6) is 17.2 Å². The van der Waals surface area contributed by atoms with Gasteiger partial charge in [-0.3, -0.25) is 4.79 Å². The second-order valence-corrected chi connectivity index (χ2v) is 9.97. The van der Waals surface area contributed by atoms with Crippen molar-refractivity contribution in [1.82, 2.24) is 4.98 Å². The van der Waals surface area contributed by atoms with E-state index in [4.69, 9.17) is 14.2 Å². The van der Waals surface area contributed by atoms with Crippen molar-refractivity contribution in [3.63, 3.8) is 0 Å². The number of carbonyl (C=O) groups excluding carboxylic acids is 1. The van der Waals surface area contributed by atoms with Gasteiger partial charge in [0.15, 0.2) is 11.5 Å². The number of hydrazone groups is 1. The molecule has 0 radical (unpaired) electrons. The van der Waals surface area contributed by atoms with E-state index in [1.165, 1.54) is 16.3 Å². The summed E-state index contributed by atoms with van der Waals surface area (Å²) in [5.74, 6) is 1.99. The van der Waals surface area contributed by atoms with Crippen molar-refractivity contribution in [3.8, 4) is 17.2 Å². The fraction of sp³-hybridized carbons (Fsp3) is 0.222. The SMILES string of the molecule is COc1cc(/C=N/N(C(=O)CCSc2ccccc2)c2nc3ccc(C)cc3s2)cc(OC)c1OC. The number of rotatable bonds is 10. The molecule has 0 N–H and O–H groups in total. The molecule has 186 valence electrons. The lowest BCUT2D eigenvalue weighted by molar-refractivity contribution is -0.118. The average molecular weight is 522 g/mol. The van der Waals surface area contributed by atoms with E-state index in [1.54, 1.807) is 51.4 Å². The van der Waals surface area contributed by atoms with Crippen molar-refractivity contribution in [2.75, 3.05) is 32.1 Å². The van der Waals surface area contributed by atoms with E-state index in [0.29, 0.717) is 40.1 Å². The van der Waals surface area contributed by atoms with Gasteiger partial charge in [-0.2, -0.15) is 10.1 Å². The third-order valence-corrected chi connectivity index (χ3v) is 7.29. The topological polar surface area (TPSA) is 73.2 Å². The number of methoxy groups -OCH3 is 3. The van der Waals surface area contributed by atoms with Gasteiger partial charge in [-0.05, 0) is 48.9 Å². The van der Waals surface area contributed by atoms with E-state index < -0.39 is 0 Å². The van der Waals surface area contributed by atoms with Crippen LogP contribution in [0.15, 0.2) is 70.7 Å². The summed E-state index contributed by atoms with van der Waals surface area (Å²) in [6.45, 7) is 2.03. The zero-order valence-corrected chi connectivity index (χ0v) is 22.2. The Balaban J connectivity index is 1.63. The molecule has 7 nitrogen and oxygen atoms in total. The largest absolute Gasteiger partial charge is 0.493 e. The maximum Gasteiger partial charge on any atom is 0.250 e. The molecule has 0 unspecified atom stereocenters. The summed E-state index contributed by atoms with van der Waals surface area (Å²) in [4.78, 5) is 19.1. The van der Waals surface area contributed by atoms with Crippen LogP contribution in [0, 0.1) is 6.92 Å². The van der Waals surface area contributed by atoms with Crippen LogP contribution in [-0.2, 0) is 4.79 Å². The molecule has 0 bridgehead atoms. The Morgan fingerprint density at radius 1 is 1.03 bits per heavy atom. The predicted octanol–water partition coefficient (Wildman–Crippen LogP) is 6.18. The fourth-order valence-electron chi connectivity index (χ4n) is 3.51. The minimum Gasteiger partial charge on any atom is -0.493 e. The normalized spacial score (nSPS) is 11.1. The van der Waals surface area contributed by atoms with Crippen molar-refractivity contribution < 1.29 is 19.0 Å². The van der Waals surface area contributed by atoms with Gasteiger partial charge in [0, 0.05) is 22.6 Å². The van der Waals surface area contributed by atoms with Gasteiger partial charge < -0.3 is 14.2 Å². The van der Waals surface area contributed by atoms with Crippen molar-refractivity contribution in [3.05, 3.63) is 71.8 Å². The van der Waals surface area contributed by atoms with E-state index >= 15 is 0 Å². The number of hydrogen-bond acceptors (Lipinski definition) is 8. The van der Waals surface area contributed by atoms with E-state index in [2.05, 4.69) is 16.2 Å². The molecular formula is C27H27N3O4S2. The number of benzene rings is 3. The molecule has 0 atom stereocenters. The van der Waals surface area contributed by atoms with Crippen LogP contribution in [-0.4, -0.2) is 44.2 Å². The van der Waals surface area contributed by atoms with Crippen LogP contribution in [0.3, 0.4) is 0 Å². The molecule has 0 aliphatic heterocycles. The predicted molar refractivity (Wildman–Crippen MR) is 147 cm³/mol. The number of amides is 1. The first-order chi connectivity index (χ1) is 17.5. The monoisotopic (exact) mass is 521 g/mol. The number of thioether (sulfide) groups is 1. The Bertz CT molecular complexity index is 1350. The third kappa shape index (κ3) is 5.98. The highest BCUT2D eigenvalue weighted by molar-refractivity contribution is 7.99. The summed E-state index contributed by atoms with van der Waals surface area (Å²) >= 11 is 3.07. The molecule has 1 amide bonds. The second kappa shape index (κ2) is 11.9. The molecule has 0 saturated heterocycles. The molecule has 4 aromatic rings. The van der Waals surface area contributed by atoms with Crippen LogP contribution in [0.2, 0.25) is 0 Å². The first-order valence-electron chi connectivity index (χ1n) is 11.2. The number of nitrogens with zero attached hydrogens (tertiary/aromatic N) is 3. The Morgan fingerprint density at radius 2 is 1.75 bits per heavy atom. The number of fused-ring (bicyclic) bond motifs is 1. The van der Waals surface area contributed by atoms with Gasteiger partial charge >= 0.3 is 0 Å². The molecule has 9 heteroatoms. The summed E-state index contributed by atoms with van der Waals surface area (Å²) < 4.78 is 17.3. The summed E-state index contributed by atoms with van der Waals surface area (Å²) in [6, 6.07) is 19.6. The van der Waals surface area contributed by atoms with E-state index in [-0.39, 0.29) is 5.91 Å².